The van der Waals surface area contributed by atoms with Crippen LogP contribution < -0.4 is 10.5 Å². The van der Waals surface area contributed by atoms with Crippen molar-refractivity contribution in [2.45, 2.75) is 13.1 Å². The second-order valence-corrected chi connectivity index (χ2v) is 15.2. The number of benzene rings is 3. The molecule has 3 heteroatoms. The van der Waals surface area contributed by atoms with Gasteiger partial charge in [-0.3, -0.25) is 0 Å². The van der Waals surface area contributed by atoms with E-state index in [2.05, 4.69) is 74.0 Å². The van der Waals surface area contributed by atoms with E-state index in [0.717, 1.165) is 5.19 Å². The molecule has 0 heterocycles. The van der Waals surface area contributed by atoms with Crippen molar-refractivity contribution in [2.75, 3.05) is 13.3 Å². The molecule has 4 rings (SSSR count). The molecule has 0 nitrogen and oxygen atoms in total. The number of fused-ring (bicyclic) bond motifs is 3. The van der Waals surface area contributed by atoms with Gasteiger partial charge in [-0.2, -0.15) is 0 Å². The molecule has 0 N–H and O–H groups in total. The molecular weight excluding hydrogens is 354 g/mol. The Morgan fingerprint density at radius 3 is 1.58 bits per heavy atom. The minimum Gasteiger partial charge on any atom is -0.308 e. The quantitative estimate of drug-likeness (QED) is 0.255. The molecule has 132 valence electrons. The molecule has 3 aromatic rings. The highest BCUT2D eigenvalue weighted by Crippen LogP contribution is 2.49. The lowest BCUT2D eigenvalue weighted by atomic mass is 10.1. The minimum atomic E-state index is -2.91. The number of hydrogen-bond acceptors (Lipinski definition) is 0. The van der Waals surface area contributed by atoms with Crippen LogP contribution in [0.4, 0.5) is 4.11 Å². The summed E-state index contributed by atoms with van der Waals surface area (Å²) in [6.07, 6.45) is 0. The summed E-state index contributed by atoms with van der Waals surface area (Å²) in [6.45, 7) is 6.56. The maximum absolute atomic E-state index is 15.1. The molecule has 26 heavy (non-hydrogen) atoms. The Labute approximate surface area is 156 Å². The monoisotopic (exact) mass is 378 g/mol. The van der Waals surface area contributed by atoms with Crippen molar-refractivity contribution in [3.05, 3.63) is 83.9 Å². The van der Waals surface area contributed by atoms with Crippen LogP contribution in [0.5, 0.6) is 0 Å². The Kier molecular flexibility index (Phi) is 4.09. The molecule has 0 fully saturated rings. The topological polar surface area (TPSA) is 0 Å². The third-order valence-corrected chi connectivity index (χ3v) is 10.5. The fraction of sp³-hybridized carbons (Fsp3) is 0.174. The highest BCUT2D eigenvalue weighted by molar-refractivity contribution is 7.83. The summed E-state index contributed by atoms with van der Waals surface area (Å²) in [6, 6.07) is 25.5. The van der Waals surface area contributed by atoms with Gasteiger partial charge in [0.15, 0.2) is 0 Å². The van der Waals surface area contributed by atoms with Crippen LogP contribution in [-0.2, 0) is 0 Å². The van der Waals surface area contributed by atoms with Gasteiger partial charge in [-0.15, -0.1) is 0 Å². The first-order valence-corrected chi connectivity index (χ1v) is 14.6. The zero-order chi connectivity index (χ0) is 18.5. The predicted molar refractivity (Wildman–Crippen MR) is 118 cm³/mol. The second-order valence-electron chi connectivity index (χ2n) is 7.88. The molecule has 0 aliphatic heterocycles. The van der Waals surface area contributed by atoms with Gasteiger partial charge in [-0.25, -0.2) is 0 Å². The van der Waals surface area contributed by atoms with Crippen molar-refractivity contribution in [2.24, 2.45) is 0 Å². The number of halogens is 1. The average Bonchev–Trinajstić information content (AvgIpc) is 2.96. The first-order valence-electron chi connectivity index (χ1n) is 9.01. The van der Waals surface area contributed by atoms with Crippen LogP contribution in [0.1, 0.15) is 11.1 Å². The molecule has 0 atom stereocenters. The summed E-state index contributed by atoms with van der Waals surface area (Å²) >= 11 is 0. The Bertz CT molecular complexity index is 1010. The standard InChI is InChI=1S/C23H24FPSi/c1-25(2,21-15-9-10-16-22(21)26(3,4)24)23-19-13-7-5-11-17(19)18-12-6-8-14-20(18)23/h5-16H,1-4H3. The molecule has 1 aliphatic carbocycles. The van der Waals surface area contributed by atoms with Crippen LogP contribution in [0.2, 0.25) is 13.1 Å². The third kappa shape index (κ3) is 2.64. The van der Waals surface area contributed by atoms with Crippen LogP contribution in [0.3, 0.4) is 0 Å². The highest BCUT2D eigenvalue weighted by atomic mass is 31.2. The Balaban J connectivity index is 2.13. The van der Waals surface area contributed by atoms with Crippen LogP contribution in [-0.4, -0.2) is 27.0 Å². The SMILES string of the molecule is C[Si](C)(F)c1ccccc1P(C)(C)=C1c2ccccc2-c2ccccc21. The fourth-order valence-corrected chi connectivity index (χ4v) is 9.97. The minimum absolute atomic E-state index is 0.952. The zero-order valence-electron chi connectivity index (χ0n) is 15.8. The molecule has 0 aromatic heterocycles. The van der Waals surface area contributed by atoms with Gasteiger partial charge in [0.1, 0.15) is 0 Å². The van der Waals surface area contributed by atoms with Crippen molar-refractivity contribution < 1.29 is 4.11 Å². The lowest BCUT2D eigenvalue weighted by molar-refractivity contribution is 0.822. The molecule has 0 bridgehead atoms. The summed E-state index contributed by atoms with van der Waals surface area (Å²) in [7, 11) is -2.91. The van der Waals surface area contributed by atoms with E-state index < -0.39 is 15.3 Å². The van der Waals surface area contributed by atoms with Gasteiger partial charge >= 0.3 is 0 Å². The van der Waals surface area contributed by atoms with E-state index >= 15 is 4.11 Å². The zero-order valence-corrected chi connectivity index (χ0v) is 17.6. The third-order valence-electron chi connectivity index (χ3n) is 5.36. The molecule has 3 aromatic carbocycles. The van der Waals surface area contributed by atoms with E-state index in [-0.39, 0.29) is 0 Å². The van der Waals surface area contributed by atoms with Crippen molar-refractivity contribution in [3.63, 3.8) is 0 Å². The van der Waals surface area contributed by atoms with E-state index in [4.69, 9.17) is 0 Å². The number of rotatable bonds is 2. The normalized spacial score (nSPS) is 13.5. The van der Waals surface area contributed by atoms with Crippen molar-refractivity contribution >= 4 is 31.1 Å². The lowest BCUT2D eigenvalue weighted by Gasteiger charge is -2.27. The fourth-order valence-electron chi connectivity index (χ4n) is 4.18. The van der Waals surface area contributed by atoms with Crippen LogP contribution >= 0.6 is 6.89 Å². The van der Waals surface area contributed by atoms with Gasteiger partial charge in [0.05, 0.1) is 0 Å². The highest BCUT2D eigenvalue weighted by Gasteiger charge is 2.33. The molecule has 0 radical (unpaired) electrons. The largest absolute Gasteiger partial charge is 0.308 e. The Hall–Kier alpha value is -1.89. The second kappa shape index (κ2) is 6.08. The summed E-state index contributed by atoms with van der Waals surface area (Å²) < 4.78 is 15.1. The van der Waals surface area contributed by atoms with Crippen molar-refractivity contribution in [1.82, 2.24) is 0 Å². The first-order chi connectivity index (χ1) is 12.3. The van der Waals surface area contributed by atoms with Crippen molar-refractivity contribution in [1.29, 1.82) is 0 Å². The van der Waals surface area contributed by atoms with E-state index in [9.17, 15) is 0 Å². The smallest absolute Gasteiger partial charge is 0.272 e. The molecule has 0 amide bonds. The number of hydrogen-bond donors (Lipinski definition) is 0. The van der Waals surface area contributed by atoms with Crippen LogP contribution in [0.25, 0.3) is 11.1 Å². The van der Waals surface area contributed by atoms with Gasteiger partial charge in [0, 0.05) is 0 Å². The van der Waals surface area contributed by atoms with Crippen LogP contribution in [0.15, 0.2) is 72.8 Å². The molecule has 0 unspecified atom stereocenters. The van der Waals surface area contributed by atoms with Gasteiger partial charge in [0.25, 0.3) is 8.41 Å². The molecule has 0 saturated carbocycles. The predicted octanol–water partition coefficient (Wildman–Crippen LogP) is 5.22. The lowest BCUT2D eigenvalue weighted by Crippen LogP contribution is -2.46. The van der Waals surface area contributed by atoms with E-state index in [0.29, 0.717) is 0 Å². The summed E-state index contributed by atoms with van der Waals surface area (Å²) in [5.41, 5.74) is 5.25. The van der Waals surface area contributed by atoms with E-state index in [1.165, 1.54) is 32.9 Å². The van der Waals surface area contributed by atoms with Crippen molar-refractivity contribution in [3.8, 4) is 11.1 Å². The summed E-state index contributed by atoms with van der Waals surface area (Å²) in [5, 5.41) is 3.59. The first kappa shape index (κ1) is 17.5. The van der Waals surface area contributed by atoms with Gasteiger partial charge in [-0.05, 0) is 64.5 Å². The van der Waals surface area contributed by atoms with Gasteiger partial charge in [0.2, 0.25) is 0 Å². The maximum Gasteiger partial charge on any atom is 0.272 e. The molecule has 0 saturated heterocycles. The van der Waals surface area contributed by atoms with E-state index in [1.807, 2.05) is 12.1 Å². The summed E-state index contributed by atoms with van der Waals surface area (Å²) in [4.78, 5) is 0. The maximum atomic E-state index is 15.1. The van der Waals surface area contributed by atoms with Crippen LogP contribution in [0, 0.1) is 0 Å². The Morgan fingerprint density at radius 1 is 0.654 bits per heavy atom. The van der Waals surface area contributed by atoms with Gasteiger partial charge < -0.3 is 4.11 Å². The average molecular weight is 379 g/mol. The van der Waals surface area contributed by atoms with Gasteiger partial charge in [-0.1, -0.05) is 79.7 Å². The molecule has 1 aliphatic rings. The molecule has 0 spiro atoms. The summed E-state index contributed by atoms with van der Waals surface area (Å²) in [5.74, 6) is 0. The molecular formula is C23H24FPSi. The Morgan fingerprint density at radius 2 is 1.08 bits per heavy atom. The van der Waals surface area contributed by atoms with E-state index in [1.54, 1.807) is 13.1 Å².